The molecule has 0 spiro atoms. The third-order valence-corrected chi connectivity index (χ3v) is 5.46. The molecular formula is C17H11Cl2N5OS. The summed E-state index contributed by atoms with van der Waals surface area (Å²) in [5.41, 5.74) is 2.73. The third-order valence-electron chi connectivity index (χ3n) is 3.84. The van der Waals surface area contributed by atoms with Gasteiger partial charge < -0.3 is 0 Å². The van der Waals surface area contributed by atoms with Crippen molar-refractivity contribution >= 4 is 61.2 Å². The number of hydrogen-bond donors (Lipinski definition) is 0. The number of rotatable bonds is 2. The quantitative estimate of drug-likeness (QED) is 0.470. The molecule has 0 aliphatic heterocycles. The molecule has 0 radical (unpaired) electrons. The van der Waals surface area contributed by atoms with Gasteiger partial charge >= 0.3 is 5.56 Å². The van der Waals surface area contributed by atoms with Gasteiger partial charge in [-0.1, -0.05) is 34.1 Å². The standard InChI is InChI=1S/C17H11Cl2N5OS/c1-8-5-9(2)21-16-13(8)14-15(26-16)17(25)24(23-22-14)20-7-10-3-4-11(18)6-12(10)19/h3-7H,1-2H3/b20-7-. The Labute approximate surface area is 161 Å². The van der Waals surface area contributed by atoms with Crippen molar-refractivity contribution in [2.75, 3.05) is 0 Å². The number of aromatic nitrogens is 4. The molecule has 0 unspecified atom stereocenters. The Bertz CT molecular complexity index is 1260. The molecule has 4 rings (SSSR count). The zero-order valence-electron chi connectivity index (χ0n) is 13.7. The lowest BCUT2D eigenvalue weighted by Crippen LogP contribution is -2.19. The van der Waals surface area contributed by atoms with E-state index in [9.17, 15) is 4.79 Å². The second-order valence-corrected chi connectivity index (χ2v) is 7.58. The Morgan fingerprint density at radius 1 is 1.23 bits per heavy atom. The highest BCUT2D eigenvalue weighted by molar-refractivity contribution is 7.25. The SMILES string of the molecule is Cc1cc(C)c2c(n1)sc1c(=O)n(/N=C\c3ccc(Cl)cc3Cl)nnc12. The van der Waals surface area contributed by atoms with Gasteiger partial charge in [-0.3, -0.25) is 4.79 Å². The van der Waals surface area contributed by atoms with Gasteiger partial charge in [-0.2, -0.15) is 5.10 Å². The third kappa shape index (κ3) is 2.88. The van der Waals surface area contributed by atoms with E-state index in [4.69, 9.17) is 23.2 Å². The minimum absolute atomic E-state index is 0.351. The van der Waals surface area contributed by atoms with E-state index in [1.165, 1.54) is 17.6 Å². The molecule has 0 aliphatic rings. The minimum Gasteiger partial charge on any atom is -0.264 e. The zero-order valence-corrected chi connectivity index (χ0v) is 16.0. The Morgan fingerprint density at radius 3 is 2.81 bits per heavy atom. The van der Waals surface area contributed by atoms with Crippen LogP contribution in [0, 0.1) is 13.8 Å². The first-order valence-electron chi connectivity index (χ1n) is 7.60. The average Bonchev–Trinajstić information content (AvgIpc) is 2.95. The number of hydrogen-bond acceptors (Lipinski definition) is 6. The largest absolute Gasteiger partial charge is 0.309 e. The van der Waals surface area contributed by atoms with Crippen LogP contribution in [-0.2, 0) is 0 Å². The van der Waals surface area contributed by atoms with Crippen molar-refractivity contribution in [2.45, 2.75) is 13.8 Å². The summed E-state index contributed by atoms with van der Waals surface area (Å²) in [7, 11) is 0. The van der Waals surface area contributed by atoms with Gasteiger partial charge in [0.2, 0.25) is 0 Å². The molecule has 0 atom stereocenters. The molecule has 0 fully saturated rings. The van der Waals surface area contributed by atoms with Crippen molar-refractivity contribution in [2.24, 2.45) is 5.10 Å². The lowest BCUT2D eigenvalue weighted by Gasteiger charge is -1.99. The number of thiophene rings is 1. The van der Waals surface area contributed by atoms with Crippen LogP contribution in [0.5, 0.6) is 0 Å². The second-order valence-electron chi connectivity index (χ2n) is 5.73. The molecule has 26 heavy (non-hydrogen) atoms. The van der Waals surface area contributed by atoms with Crippen LogP contribution in [0.3, 0.4) is 0 Å². The Morgan fingerprint density at radius 2 is 2.04 bits per heavy atom. The normalized spacial score (nSPS) is 11.8. The van der Waals surface area contributed by atoms with E-state index in [1.807, 2.05) is 19.9 Å². The lowest BCUT2D eigenvalue weighted by molar-refractivity contribution is 0.643. The Balaban J connectivity index is 1.86. The smallest absolute Gasteiger partial charge is 0.264 e. The second kappa shape index (κ2) is 6.42. The number of aryl methyl sites for hydroxylation is 2. The first-order valence-corrected chi connectivity index (χ1v) is 9.17. The van der Waals surface area contributed by atoms with Crippen LogP contribution in [-0.4, -0.2) is 26.3 Å². The van der Waals surface area contributed by atoms with Crippen molar-refractivity contribution in [1.82, 2.24) is 20.1 Å². The molecule has 9 heteroatoms. The minimum atomic E-state index is -0.351. The molecule has 4 aromatic rings. The van der Waals surface area contributed by atoms with Crippen molar-refractivity contribution < 1.29 is 0 Å². The van der Waals surface area contributed by atoms with Gasteiger partial charge in [0.1, 0.15) is 15.0 Å². The highest BCUT2D eigenvalue weighted by Gasteiger charge is 2.15. The highest BCUT2D eigenvalue weighted by Crippen LogP contribution is 2.31. The van der Waals surface area contributed by atoms with Crippen molar-refractivity contribution in [3.05, 3.63) is 61.5 Å². The van der Waals surface area contributed by atoms with Gasteiger partial charge in [-0.05, 0) is 42.8 Å². The first-order chi connectivity index (χ1) is 12.4. The van der Waals surface area contributed by atoms with Crippen LogP contribution in [0.1, 0.15) is 16.8 Å². The average molecular weight is 404 g/mol. The fraction of sp³-hybridized carbons (Fsp3) is 0.118. The van der Waals surface area contributed by atoms with Gasteiger partial charge in [-0.15, -0.1) is 16.4 Å². The zero-order chi connectivity index (χ0) is 18.4. The van der Waals surface area contributed by atoms with Gasteiger partial charge in [0.05, 0.1) is 11.2 Å². The Hall–Kier alpha value is -2.35. The van der Waals surface area contributed by atoms with Gasteiger partial charge in [0, 0.05) is 21.7 Å². The number of nitrogens with zero attached hydrogens (tertiary/aromatic N) is 5. The fourth-order valence-corrected chi connectivity index (χ4v) is 4.29. The van der Waals surface area contributed by atoms with E-state index in [2.05, 4.69) is 20.4 Å². The molecule has 0 bridgehead atoms. The van der Waals surface area contributed by atoms with E-state index in [-0.39, 0.29) is 5.56 Å². The molecule has 0 saturated carbocycles. The monoisotopic (exact) mass is 403 g/mol. The summed E-state index contributed by atoms with van der Waals surface area (Å²) in [5, 5.41) is 14.0. The highest BCUT2D eigenvalue weighted by atomic mass is 35.5. The molecular weight excluding hydrogens is 393 g/mol. The molecule has 0 N–H and O–H groups in total. The van der Waals surface area contributed by atoms with Crippen LogP contribution >= 0.6 is 34.5 Å². The Kier molecular flexibility index (Phi) is 4.22. The summed E-state index contributed by atoms with van der Waals surface area (Å²) < 4.78 is 0.468. The lowest BCUT2D eigenvalue weighted by atomic mass is 10.1. The van der Waals surface area contributed by atoms with Gasteiger partial charge in [-0.25, -0.2) is 4.98 Å². The van der Waals surface area contributed by atoms with E-state index >= 15 is 0 Å². The molecule has 3 aromatic heterocycles. The molecule has 0 saturated heterocycles. The molecule has 3 heterocycles. The van der Waals surface area contributed by atoms with E-state index in [0.29, 0.717) is 25.8 Å². The van der Waals surface area contributed by atoms with Crippen molar-refractivity contribution in [1.29, 1.82) is 0 Å². The topological polar surface area (TPSA) is 73.0 Å². The first kappa shape index (κ1) is 17.1. The predicted octanol–water partition coefficient (Wildman–Crippen LogP) is 4.21. The molecule has 0 amide bonds. The number of halogens is 2. The summed E-state index contributed by atoms with van der Waals surface area (Å²) in [6, 6.07) is 6.96. The van der Waals surface area contributed by atoms with Crippen LogP contribution in [0.25, 0.3) is 20.4 Å². The number of pyridine rings is 1. The maximum atomic E-state index is 12.7. The summed E-state index contributed by atoms with van der Waals surface area (Å²) in [6.45, 7) is 3.89. The molecule has 6 nitrogen and oxygen atoms in total. The fourth-order valence-electron chi connectivity index (χ4n) is 2.68. The summed E-state index contributed by atoms with van der Waals surface area (Å²) in [5.74, 6) is 0. The molecule has 1 aromatic carbocycles. The summed E-state index contributed by atoms with van der Waals surface area (Å²) in [6.07, 6.45) is 1.45. The van der Waals surface area contributed by atoms with E-state index in [0.717, 1.165) is 26.3 Å². The van der Waals surface area contributed by atoms with Crippen LogP contribution in [0.2, 0.25) is 10.0 Å². The van der Waals surface area contributed by atoms with Crippen molar-refractivity contribution in [3.8, 4) is 0 Å². The van der Waals surface area contributed by atoms with Crippen LogP contribution < -0.4 is 5.56 Å². The predicted molar refractivity (Wildman–Crippen MR) is 106 cm³/mol. The van der Waals surface area contributed by atoms with Crippen LogP contribution in [0.15, 0.2) is 34.2 Å². The summed E-state index contributed by atoms with van der Waals surface area (Å²) >= 11 is 13.3. The maximum Gasteiger partial charge on any atom is 0.309 e. The summed E-state index contributed by atoms with van der Waals surface area (Å²) in [4.78, 5) is 18.9. The van der Waals surface area contributed by atoms with Gasteiger partial charge in [0.15, 0.2) is 0 Å². The molecule has 130 valence electrons. The number of benzene rings is 1. The van der Waals surface area contributed by atoms with Gasteiger partial charge in [0.25, 0.3) is 0 Å². The molecule has 0 aliphatic carbocycles. The van der Waals surface area contributed by atoms with Crippen LogP contribution in [0.4, 0.5) is 0 Å². The number of fused-ring (bicyclic) bond motifs is 3. The maximum absolute atomic E-state index is 12.7. The van der Waals surface area contributed by atoms with E-state index < -0.39 is 0 Å². The van der Waals surface area contributed by atoms with Crippen molar-refractivity contribution in [3.63, 3.8) is 0 Å². The van der Waals surface area contributed by atoms with E-state index in [1.54, 1.807) is 18.2 Å².